The van der Waals surface area contributed by atoms with Crippen LogP contribution in [-0.4, -0.2) is 23.0 Å². The summed E-state index contributed by atoms with van der Waals surface area (Å²) in [4.78, 5) is 22.8. The van der Waals surface area contributed by atoms with Crippen LogP contribution in [0.2, 0.25) is 0 Å². The van der Waals surface area contributed by atoms with Crippen molar-refractivity contribution in [2.75, 3.05) is 0 Å². The molecule has 0 aliphatic heterocycles. The van der Waals surface area contributed by atoms with Crippen molar-refractivity contribution in [1.82, 2.24) is 5.32 Å². The van der Waals surface area contributed by atoms with Crippen LogP contribution in [0.15, 0.2) is 10.5 Å². The summed E-state index contributed by atoms with van der Waals surface area (Å²) in [5, 5.41) is 11.7. The normalized spacial score (nSPS) is 23.0. The van der Waals surface area contributed by atoms with Gasteiger partial charge < -0.3 is 14.8 Å². The van der Waals surface area contributed by atoms with E-state index in [0.717, 1.165) is 5.56 Å². The van der Waals surface area contributed by atoms with Crippen molar-refractivity contribution < 1.29 is 19.1 Å². The summed E-state index contributed by atoms with van der Waals surface area (Å²) in [6.45, 7) is 3.61. The zero-order valence-corrected chi connectivity index (χ0v) is 10.5. The summed E-state index contributed by atoms with van der Waals surface area (Å²) in [5.74, 6) is -0.345. The Labute approximate surface area is 105 Å². The molecule has 0 saturated heterocycles. The average Bonchev–Trinajstić information content (AvgIpc) is 2.85. The van der Waals surface area contributed by atoms with Crippen molar-refractivity contribution in [2.45, 2.75) is 39.2 Å². The number of amides is 1. The van der Waals surface area contributed by atoms with Gasteiger partial charge in [0.15, 0.2) is 5.76 Å². The Bertz CT molecular complexity index is 477. The van der Waals surface area contributed by atoms with Crippen molar-refractivity contribution in [2.24, 2.45) is 5.92 Å². The molecule has 0 bridgehead atoms. The molecule has 5 nitrogen and oxygen atoms in total. The number of carbonyl (C=O) groups excluding carboxylic acids is 1. The highest BCUT2D eigenvalue weighted by atomic mass is 16.4. The molecule has 0 spiro atoms. The number of carboxylic acids is 1. The van der Waals surface area contributed by atoms with Crippen molar-refractivity contribution in [1.29, 1.82) is 0 Å². The predicted molar refractivity (Wildman–Crippen MR) is 64.4 cm³/mol. The van der Waals surface area contributed by atoms with Gasteiger partial charge in [0.2, 0.25) is 0 Å². The molecule has 0 radical (unpaired) electrons. The van der Waals surface area contributed by atoms with Gasteiger partial charge in [-0.3, -0.25) is 9.59 Å². The van der Waals surface area contributed by atoms with Gasteiger partial charge in [0.25, 0.3) is 5.91 Å². The van der Waals surface area contributed by atoms with E-state index in [9.17, 15) is 9.59 Å². The summed E-state index contributed by atoms with van der Waals surface area (Å²) in [6.07, 6.45) is 1.83. The molecule has 1 aromatic heterocycles. The maximum atomic E-state index is 12.0. The number of carbonyl (C=O) groups is 2. The summed E-state index contributed by atoms with van der Waals surface area (Å²) < 4.78 is 5.33. The maximum absolute atomic E-state index is 12.0. The first-order chi connectivity index (χ1) is 8.47. The molecule has 5 heteroatoms. The molecule has 2 atom stereocenters. The number of furan rings is 1. The molecule has 1 aromatic rings. The zero-order valence-electron chi connectivity index (χ0n) is 10.5. The molecule has 1 aliphatic carbocycles. The largest absolute Gasteiger partial charge is 0.481 e. The van der Waals surface area contributed by atoms with E-state index in [1.54, 1.807) is 6.92 Å². The van der Waals surface area contributed by atoms with Gasteiger partial charge in [0.1, 0.15) is 5.76 Å². The average molecular weight is 251 g/mol. The molecule has 1 heterocycles. The minimum atomic E-state index is -0.781. The third-order valence-corrected chi connectivity index (χ3v) is 3.36. The van der Waals surface area contributed by atoms with E-state index in [1.807, 2.05) is 13.0 Å². The van der Waals surface area contributed by atoms with Crippen molar-refractivity contribution >= 4 is 11.9 Å². The van der Waals surface area contributed by atoms with Crippen molar-refractivity contribution in [3.8, 4) is 0 Å². The number of nitrogens with one attached hydrogen (secondary N) is 1. The first-order valence-corrected chi connectivity index (χ1v) is 6.08. The van der Waals surface area contributed by atoms with Crippen LogP contribution in [0.25, 0.3) is 0 Å². The molecule has 2 N–H and O–H groups in total. The van der Waals surface area contributed by atoms with Crippen molar-refractivity contribution in [3.05, 3.63) is 23.2 Å². The summed E-state index contributed by atoms with van der Waals surface area (Å²) in [7, 11) is 0. The lowest BCUT2D eigenvalue weighted by atomic mass is 10.1. The van der Waals surface area contributed by atoms with Crippen LogP contribution in [0.5, 0.6) is 0 Å². The van der Waals surface area contributed by atoms with Crippen LogP contribution in [0.4, 0.5) is 0 Å². The second-order valence-electron chi connectivity index (χ2n) is 4.89. The molecule has 1 amide bonds. The highest BCUT2D eigenvalue weighted by Crippen LogP contribution is 2.26. The minimum absolute atomic E-state index is 0.0663. The first kappa shape index (κ1) is 12.7. The summed E-state index contributed by atoms with van der Waals surface area (Å²) >= 11 is 0. The monoisotopic (exact) mass is 251 g/mol. The van der Waals surface area contributed by atoms with Crippen LogP contribution in [-0.2, 0) is 4.79 Å². The quantitative estimate of drug-likeness (QED) is 0.859. The summed E-state index contributed by atoms with van der Waals surface area (Å²) in [5.41, 5.74) is 0.804. The predicted octanol–water partition coefficient (Wildman–Crippen LogP) is 1.88. The summed E-state index contributed by atoms with van der Waals surface area (Å²) in [6, 6.07) is 1.74. The Balaban J connectivity index is 1.97. The number of rotatable bonds is 3. The van der Waals surface area contributed by atoms with E-state index in [4.69, 9.17) is 9.52 Å². The number of hydrogen-bond acceptors (Lipinski definition) is 3. The van der Waals surface area contributed by atoms with Gasteiger partial charge in [-0.05, 0) is 39.2 Å². The molecule has 0 aromatic carbocycles. The zero-order chi connectivity index (χ0) is 13.3. The number of aryl methyl sites for hydroxylation is 2. The van der Waals surface area contributed by atoms with E-state index in [2.05, 4.69) is 5.32 Å². The van der Waals surface area contributed by atoms with Gasteiger partial charge >= 0.3 is 5.97 Å². The molecule has 1 aliphatic rings. The molecule has 1 saturated carbocycles. The van der Waals surface area contributed by atoms with Gasteiger partial charge in [0, 0.05) is 11.6 Å². The highest BCUT2D eigenvalue weighted by Gasteiger charge is 2.31. The van der Waals surface area contributed by atoms with E-state index in [1.165, 1.54) is 0 Å². The third kappa shape index (κ3) is 2.55. The lowest BCUT2D eigenvalue weighted by Crippen LogP contribution is -2.33. The van der Waals surface area contributed by atoms with Gasteiger partial charge in [-0.15, -0.1) is 0 Å². The molecular weight excluding hydrogens is 234 g/mol. The van der Waals surface area contributed by atoms with E-state index in [-0.39, 0.29) is 17.9 Å². The van der Waals surface area contributed by atoms with Crippen LogP contribution >= 0.6 is 0 Å². The van der Waals surface area contributed by atoms with Crippen LogP contribution < -0.4 is 5.32 Å². The minimum Gasteiger partial charge on any atom is -0.481 e. The number of hydrogen-bond donors (Lipinski definition) is 2. The Hall–Kier alpha value is -1.78. The van der Waals surface area contributed by atoms with Crippen molar-refractivity contribution in [3.63, 3.8) is 0 Å². The third-order valence-electron chi connectivity index (χ3n) is 3.36. The van der Waals surface area contributed by atoms with Gasteiger partial charge in [-0.2, -0.15) is 0 Å². The SMILES string of the molecule is Cc1cc(C)c(C(=O)N[C@@H]2CC[C@H](C(=O)O)C2)o1. The molecule has 0 unspecified atom stereocenters. The Morgan fingerprint density at radius 1 is 1.39 bits per heavy atom. The van der Waals surface area contributed by atoms with Gasteiger partial charge in [-0.1, -0.05) is 0 Å². The molecular formula is C13H17NO4. The fourth-order valence-corrected chi connectivity index (χ4v) is 2.45. The molecule has 18 heavy (non-hydrogen) atoms. The lowest BCUT2D eigenvalue weighted by Gasteiger charge is -2.11. The maximum Gasteiger partial charge on any atom is 0.306 e. The van der Waals surface area contributed by atoms with E-state index >= 15 is 0 Å². The Morgan fingerprint density at radius 3 is 2.61 bits per heavy atom. The molecule has 98 valence electrons. The Morgan fingerprint density at radius 2 is 2.11 bits per heavy atom. The highest BCUT2D eigenvalue weighted by molar-refractivity contribution is 5.93. The number of aliphatic carboxylic acids is 1. The Kier molecular flexibility index (Phi) is 3.41. The first-order valence-electron chi connectivity index (χ1n) is 6.08. The second kappa shape index (κ2) is 4.84. The van der Waals surface area contributed by atoms with Crippen LogP contribution in [0.1, 0.15) is 41.1 Å². The molecule has 1 fully saturated rings. The lowest BCUT2D eigenvalue weighted by molar-refractivity contribution is -0.141. The number of carboxylic acid groups (broad SMARTS) is 1. The standard InChI is InChI=1S/C13H17NO4/c1-7-5-8(2)18-11(7)12(15)14-10-4-3-9(6-10)13(16)17/h5,9-10H,3-4,6H2,1-2H3,(H,14,15)(H,16,17)/t9-,10+/m0/s1. The van der Waals surface area contributed by atoms with Gasteiger partial charge in [0.05, 0.1) is 5.92 Å². The van der Waals surface area contributed by atoms with Gasteiger partial charge in [-0.25, -0.2) is 0 Å². The fraction of sp³-hybridized carbons (Fsp3) is 0.538. The van der Waals surface area contributed by atoms with E-state index < -0.39 is 5.97 Å². The molecule has 2 rings (SSSR count). The second-order valence-corrected chi connectivity index (χ2v) is 4.89. The van der Waals surface area contributed by atoms with E-state index in [0.29, 0.717) is 30.8 Å². The van der Waals surface area contributed by atoms with Crippen LogP contribution in [0.3, 0.4) is 0 Å². The topological polar surface area (TPSA) is 79.5 Å². The van der Waals surface area contributed by atoms with Crippen LogP contribution in [0, 0.1) is 19.8 Å². The smallest absolute Gasteiger partial charge is 0.306 e. The fourth-order valence-electron chi connectivity index (χ4n) is 2.45.